The SMILES string of the molecule is COc1cccc(C(=NC2CCCC2)NN)c1OC. The van der Waals surface area contributed by atoms with Crippen LogP contribution in [0.2, 0.25) is 0 Å². The Labute approximate surface area is 113 Å². The molecule has 5 nitrogen and oxygen atoms in total. The average molecular weight is 263 g/mol. The molecule has 3 N–H and O–H groups in total. The van der Waals surface area contributed by atoms with E-state index in [0.717, 1.165) is 18.4 Å². The molecule has 1 aromatic carbocycles. The van der Waals surface area contributed by atoms with Gasteiger partial charge in [0.2, 0.25) is 0 Å². The van der Waals surface area contributed by atoms with E-state index in [1.807, 2.05) is 18.2 Å². The molecule has 0 atom stereocenters. The van der Waals surface area contributed by atoms with Gasteiger partial charge in [0.05, 0.1) is 25.8 Å². The first-order valence-corrected chi connectivity index (χ1v) is 6.56. The van der Waals surface area contributed by atoms with Crippen LogP contribution in [0.25, 0.3) is 0 Å². The van der Waals surface area contributed by atoms with Crippen molar-refractivity contribution in [1.29, 1.82) is 0 Å². The van der Waals surface area contributed by atoms with Crippen LogP contribution in [0.15, 0.2) is 23.2 Å². The molecule has 0 spiro atoms. The van der Waals surface area contributed by atoms with E-state index >= 15 is 0 Å². The predicted molar refractivity (Wildman–Crippen MR) is 75.7 cm³/mol. The van der Waals surface area contributed by atoms with Crippen molar-refractivity contribution >= 4 is 5.84 Å². The number of hydrazine groups is 1. The molecule has 1 fully saturated rings. The summed E-state index contributed by atoms with van der Waals surface area (Å²) in [5, 5.41) is 0. The van der Waals surface area contributed by atoms with E-state index in [4.69, 9.17) is 20.3 Å². The van der Waals surface area contributed by atoms with Gasteiger partial charge in [-0.15, -0.1) is 0 Å². The topological polar surface area (TPSA) is 68.9 Å². The van der Waals surface area contributed by atoms with Gasteiger partial charge in [0, 0.05) is 0 Å². The van der Waals surface area contributed by atoms with Gasteiger partial charge in [-0.25, -0.2) is 5.84 Å². The third-order valence-electron chi connectivity index (χ3n) is 3.43. The van der Waals surface area contributed by atoms with Gasteiger partial charge in [-0.3, -0.25) is 4.99 Å². The first-order valence-electron chi connectivity index (χ1n) is 6.56. The van der Waals surface area contributed by atoms with Crippen LogP contribution in [0.3, 0.4) is 0 Å². The number of amidine groups is 1. The minimum Gasteiger partial charge on any atom is -0.493 e. The van der Waals surface area contributed by atoms with E-state index < -0.39 is 0 Å². The number of hydrogen-bond donors (Lipinski definition) is 2. The van der Waals surface area contributed by atoms with Crippen molar-refractivity contribution in [2.75, 3.05) is 14.2 Å². The highest BCUT2D eigenvalue weighted by Gasteiger charge is 2.18. The minimum absolute atomic E-state index is 0.349. The number of methoxy groups -OCH3 is 2. The molecular weight excluding hydrogens is 242 g/mol. The van der Waals surface area contributed by atoms with Gasteiger partial charge in [-0.05, 0) is 25.0 Å². The molecule has 19 heavy (non-hydrogen) atoms. The molecular formula is C14H21N3O2. The normalized spacial score (nSPS) is 16.5. The number of nitrogens with zero attached hydrogens (tertiary/aromatic N) is 1. The van der Waals surface area contributed by atoms with E-state index in [1.54, 1.807) is 14.2 Å². The van der Waals surface area contributed by atoms with Gasteiger partial charge in [0.15, 0.2) is 11.5 Å². The summed E-state index contributed by atoms with van der Waals surface area (Å²) >= 11 is 0. The fourth-order valence-electron chi connectivity index (χ4n) is 2.47. The first-order chi connectivity index (χ1) is 9.30. The van der Waals surface area contributed by atoms with E-state index in [-0.39, 0.29) is 0 Å². The number of rotatable bonds is 4. The molecule has 0 bridgehead atoms. The number of hydrogen-bond acceptors (Lipinski definition) is 4. The van der Waals surface area contributed by atoms with Crippen LogP contribution in [0, 0.1) is 0 Å². The maximum absolute atomic E-state index is 5.62. The van der Waals surface area contributed by atoms with Crippen molar-refractivity contribution in [3.8, 4) is 11.5 Å². The summed E-state index contributed by atoms with van der Waals surface area (Å²) in [6.07, 6.45) is 4.72. The molecule has 0 aromatic heterocycles. The number of nitrogens with one attached hydrogen (secondary N) is 1. The lowest BCUT2D eigenvalue weighted by Gasteiger charge is -2.15. The Morgan fingerprint density at radius 2 is 2.00 bits per heavy atom. The van der Waals surface area contributed by atoms with Crippen molar-refractivity contribution < 1.29 is 9.47 Å². The van der Waals surface area contributed by atoms with Crippen LogP contribution in [0.1, 0.15) is 31.2 Å². The Bertz CT molecular complexity index is 454. The summed E-state index contributed by atoms with van der Waals surface area (Å²) in [6, 6.07) is 6.03. The summed E-state index contributed by atoms with van der Waals surface area (Å²) in [5.74, 6) is 7.60. The van der Waals surface area contributed by atoms with Crippen LogP contribution in [0.5, 0.6) is 11.5 Å². The number of para-hydroxylation sites is 1. The molecule has 1 aliphatic rings. The molecule has 0 heterocycles. The van der Waals surface area contributed by atoms with Crippen LogP contribution in [-0.4, -0.2) is 26.1 Å². The van der Waals surface area contributed by atoms with Crippen molar-refractivity contribution in [1.82, 2.24) is 5.43 Å². The zero-order valence-corrected chi connectivity index (χ0v) is 11.5. The minimum atomic E-state index is 0.349. The lowest BCUT2D eigenvalue weighted by molar-refractivity contribution is 0.354. The molecule has 1 saturated carbocycles. The maximum Gasteiger partial charge on any atom is 0.171 e. The molecule has 2 rings (SSSR count). The Hall–Kier alpha value is -1.75. The molecule has 0 unspecified atom stereocenters. The van der Waals surface area contributed by atoms with Gasteiger partial charge < -0.3 is 14.9 Å². The summed E-state index contributed by atoms with van der Waals surface area (Å²) in [4.78, 5) is 4.69. The third kappa shape index (κ3) is 2.98. The Morgan fingerprint density at radius 1 is 1.26 bits per heavy atom. The second kappa shape index (κ2) is 6.43. The summed E-state index contributed by atoms with van der Waals surface area (Å²) in [7, 11) is 3.23. The zero-order chi connectivity index (χ0) is 13.7. The van der Waals surface area contributed by atoms with Gasteiger partial charge in [0.1, 0.15) is 5.84 Å². The zero-order valence-electron chi connectivity index (χ0n) is 11.5. The average Bonchev–Trinajstić information content (AvgIpc) is 2.96. The standard InChI is InChI=1S/C14H21N3O2/c1-18-12-9-5-8-11(13(12)19-2)14(17-15)16-10-6-3-4-7-10/h5,8-10H,3-4,6-7,15H2,1-2H3,(H,16,17). The number of ether oxygens (including phenoxy) is 2. The molecule has 104 valence electrons. The molecule has 5 heteroatoms. The van der Waals surface area contributed by atoms with Gasteiger partial charge in [-0.1, -0.05) is 18.9 Å². The van der Waals surface area contributed by atoms with Crippen molar-refractivity contribution in [3.63, 3.8) is 0 Å². The second-order valence-corrected chi connectivity index (χ2v) is 4.60. The van der Waals surface area contributed by atoms with Crippen LogP contribution in [-0.2, 0) is 0 Å². The Kier molecular flexibility index (Phi) is 4.63. The first kappa shape index (κ1) is 13.7. The fourth-order valence-corrected chi connectivity index (χ4v) is 2.47. The van der Waals surface area contributed by atoms with Crippen molar-refractivity contribution in [2.24, 2.45) is 10.8 Å². The monoisotopic (exact) mass is 263 g/mol. The lowest BCUT2D eigenvalue weighted by Crippen LogP contribution is -2.32. The smallest absolute Gasteiger partial charge is 0.171 e. The molecule has 1 aliphatic carbocycles. The predicted octanol–water partition coefficient (Wildman–Crippen LogP) is 1.86. The van der Waals surface area contributed by atoms with Crippen LogP contribution in [0.4, 0.5) is 0 Å². The van der Waals surface area contributed by atoms with Crippen molar-refractivity contribution in [2.45, 2.75) is 31.7 Å². The van der Waals surface area contributed by atoms with Gasteiger partial charge in [0.25, 0.3) is 0 Å². The van der Waals surface area contributed by atoms with Gasteiger partial charge >= 0.3 is 0 Å². The Balaban J connectivity index is 2.36. The number of aliphatic imine (C=N–C) groups is 1. The highest BCUT2D eigenvalue weighted by Crippen LogP contribution is 2.31. The third-order valence-corrected chi connectivity index (χ3v) is 3.43. The Morgan fingerprint density at radius 3 is 2.58 bits per heavy atom. The summed E-state index contributed by atoms with van der Waals surface area (Å²) in [6.45, 7) is 0. The van der Waals surface area contributed by atoms with E-state index in [9.17, 15) is 0 Å². The quantitative estimate of drug-likeness (QED) is 0.376. The molecule has 0 radical (unpaired) electrons. The van der Waals surface area contributed by atoms with E-state index in [0.29, 0.717) is 23.4 Å². The summed E-state index contributed by atoms with van der Waals surface area (Å²) in [5.41, 5.74) is 3.52. The van der Waals surface area contributed by atoms with Gasteiger partial charge in [-0.2, -0.15) is 0 Å². The molecule has 0 amide bonds. The maximum atomic E-state index is 5.62. The van der Waals surface area contributed by atoms with E-state index in [1.165, 1.54) is 12.8 Å². The summed E-state index contributed by atoms with van der Waals surface area (Å²) < 4.78 is 10.7. The van der Waals surface area contributed by atoms with Crippen LogP contribution < -0.4 is 20.7 Å². The molecule has 0 saturated heterocycles. The largest absolute Gasteiger partial charge is 0.493 e. The highest BCUT2D eigenvalue weighted by molar-refractivity contribution is 6.01. The second-order valence-electron chi connectivity index (χ2n) is 4.60. The highest BCUT2D eigenvalue weighted by atomic mass is 16.5. The number of benzene rings is 1. The number of nitrogens with two attached hydrogens (primary N) is 1. The fraction of sp³-hybridized carbons (Fsp3) is 0.500. The van der Waals surface area contributed by atoms with Crippen molar-refractivity contribution in [3.05, 3.63) is 23.8 Å². The molecule has 0 aliphatic heterocycles. The van der Waals surface area contributed by atoms with E-state index in [2.05, 4.69) is 5.43 Å². The lowest BCUT2D eigenvalue weighted by atomic mass is 10.1. The molecule has 1 aromatic rings. The van der Waals surface area contributed by atoms with Crippen LogP contribution >= 0.6 is 0 Å².